The number of aromatic nitrogens is 5. The van der Waals surface area contributed by atoms with Crippen LogP contribution in [0.2, 0.25) is 0 Å². The van der Waals surface area contributed by atoms with Gasteiger partial charge in [0.1, 0.15) is 5.69 Å². The van der Waals surface area contributed by atoms with Gasteiger partial charge >= 0.3 is 0 Å². The van der Waals surface area contributed by atoms with Gasteiger partial charge in [-0.05, 0) is 58.2 Å². The molecule has 0 saturated carbocycles. The van der Waals surface area contributed by atoms with E-state index in [9.17, 15) is 4.79 Å². The molecule has 0 aliphatic carbocycles. The Morgan fingerprint density at radius 3 is 2.58 bits per heavy atom. The van der Waals surface area contributed by atoms with Gasteiger partial charge in [-0.3, -0.25) is 15.1 Å². The number of piperidine rings is 1. The fourth-order valence-electron chi connectivity index (χ4n) is 4.77. The number of para-hydroxylation sites is 2. The average molecular weight is 449 g/mol. The second kappa shape index (κ2) is 10.2. The van der Waals surface area contributed by atoms with Crippen LogP contribution in [0, 0.1) is 5.41 Å². The molecule has 3 heterocycles. The van der Waals surface area contributed by atoms with Crippen molar-refractivity contribution in [1.82, 2.24) is 29.6 Å². The number of nitrogens with two attached hydrogens (primary N) is 1. The molecule has 0 bridgehead atoms. The van der Waals surface area contributed by atoms with E-state index in [1.54, 1.807) is 4.57 Å². The highest BCUT2D eigenvalue weighted by molar-refractivity contribution is 5.91. The van der Waals surface area contributed by atoms with Gasteiger partial charge in [0.25, 0.3) is 5.56 Å². The molecule has 9 heteroatoms. The van der Waals surface area contributed by atoms with Crippen LogP contribution < -0.4 is 11.3 Å². The van der Waals surface area contributed by atoms with E-state index in [1.807, 2.05) is 24.3 Å². The lowest BCUT2D eigenvalue weighted by Crippen LogP contribution is -2.44. The molecular weight excluding hydrogens is 416 g/mol. The summed E-state index contributed by atoms with van der Waals surface area (Å²) in [5, 5.41) is 15.2. The molecule has 0 radical (unpaired) electrons. The van der Waals surface area contributed by atoms with E-state index in [-0.39, 0.29) is 28.6 Å². The molecule has 1 aliphatic rings. The minimum absolute atomic E-state index is 0.0189. The van der Waals surface area contributed by atoms with Gasteiger partial charge in [-0.1, -0.05) is 25.0 Å². The van der Waals surface area contributed by atoms with Crippen molar-refractivity contribution >= 4 is 16.9 Å². The van der Waals surface area contributed by atoms with E-state index in [1.165, 1.54) is 25.5 Å². The van der Waals surface area contributed by atoms with Gasteiger partial charge in [-0.25, -0.2) is 9.97 Å². The van der Waals surface area contributed by atoms with Crippen LogP contribution in [0.3, 0.4) is 0 Å². The lowest BCUT2D eigenvalue weighted by molar-refractivity contribution is 0.101. The first kappa shape index (κ1) is 23.0. The third kappa shape index (κ3) is 5.08. The molecular formula is C24H32N8O. The second-order valence-corrected chi connectivity index (χ2v) is 8.91. The van der Waals surface area contributed by atoms with Gasteiger partial charge in [0, 0.05) is 18.6 Å². The third-order valence-electron chi connectivity index (χ3n) is 6.57. The monoisotopic (exact) mass is 448 g/mol. The number of nitrogens with one attached hydrogen (secondary N) is 1. The molecule has 0 unspecified atom stereocenters. The Kier molecular flexibility index (Phi) is 7.08. The van der Waals surface area contributed by atoms with Crippen molar-refractivity contribution in [2.24, 2.45) is 5.73 Å². The molecule has 9 nitrogen and oxygen atoms in total. The van der Waals surface area contributed by atoms with E-state index in [0.717, 1.165) is 31.3 Å². The van der Waals surface area contributed by atoms with Crippen molar-refractivity contribution in [1.29, 1.82) is 5.41 Å². The van der Waals surface area contributed by atoms with Crippen molar-refractivity contribution in [3.63, 3.8) is 0 Å². The van der Waals surface area contributed by atoms with Gasteiger partial charge in [0.15, 0.2) is 11.5 Å². The number of benzene rings is 1. The number of rotatable bonds is 8. The summed E-state index contributed by atoms with van der Waals surface area (Å²) in [6, 6.07) is 8.93. The Labute approximate surface area is 193 Å². The summed E-state index contributed by atoms with van der Waals surface area (Å²) in [6.45, 7) is 6.39. The summed E-state index contributed by atoms with van der Waals surface area (Å²) < 4.78 is 1.78. The van der Waals surface area contributed by atoms with Crippen molar-refractivity contribution < 1.29 is 0 Å². The van der Waals surface area contributed by atoms with Crippen molar-refractivity contribution in [3.05, 3.63) is 46.6 Å². The SMILES string of the molecule is C[C@@H]1CCC[C@H](C)N1CCCCCn1c(=O)c(-c2cnnc(C(=N)N)n2)nc2ccccc21. The van der Waals surface area contributed by atoms with Crippen LogP contribution in [0.4, 0.5) is 0 Å². The normalized spacial score (nSPS) is 19.1. The fourth-order valence-corrected chi connectivity index (χ4v) is 4.77. The lowest BCUT2D eigenvalue weighted by atomic mass is 9.97. The maximum absolute atomic E-state index is 13.4. The maximum atomic E-state index is 13.4. The number of hydrogen-bond acceptors (Lipinski definition) is 7. The molecule has 0 amide bonds. The van der Waals surface area contributed by atoms with E-state index in [0.29, 0.717) is 24.1 Å². The van der Waals surface area contributed by atoms with Crippen molar-refractivity contribution in [2.75, 3.05) is 6.54 Å². The summed E-state index contributed by atoms with van der Waals surface area (Å²) >= 11 is 0. The first-order valence-corrected chi connectivity index (χ1v) is 11.8. The largest absolute Gasteiger partial charge is 0.381 e. The third-order valence-corrected chi connectivity index (χ3v) is 6.57. The van der Waals surface area contributed by atoms with Gasteiger partial charge in [0.2, 0.25) is 5.82 Å². The smallest absolute Gasteiger partial charge is 0.279 e. The molecule has 3 N–H and O–H groups in total. The van der Waals surface area contributed by atoms with Gasteiger partial charge < -0.3 is 10.3 Å². The van der Waals surface area contributed by atoms with E-state index >= 15 is 0 Å². The lowest BCUT2D eigenvalue weighted by Gasteiger charge is -2.39. The van der Waals surface area contributed by atoms with Crippen LogP contribution in [0.1, 0.15) is 58.2 Å². The quantitative estimate of drug-likeness (QED) is 0.308. The summed E-state index contributed by atoms with van der Waals surface area (Å²) in [5.74, 6) is -0.322. The predicted molar refractivity (Wildman–Crippen MR) is 129 cm³/mol. The average Bonchev–Trinajstić information content (AvgIpc) is 2.81. The second-order valence-electron chi connectivity index (χ2n) is 8.91. The van der Waals surface area contributed by atoms with Crippen LogP contribution in [0.15, 0.2) is 35.3 Å². The topological polar surface area (TPSA) is 127 Å². The number of amidine groups is 1. The number of nitrogen functional groups attached to an aromatic ring is 1. The standard InChI is InChI=1S/C24H32N8O/c1-16-9-8-10-17(2)31(16)13-6-3-7-14-32-20-12-5-4-11-18(20)28-21(24(32)33)19-15-27-30-23(29-19)22(25)26/h4-5,11-12,15-17H,3,6-10,13-14H2,1-2H3,(H3,25,26)/t16-,17+. The van der Waals surface area contributed by atoms with Crippen LogP contribution in [-0.2, 0) is 6.54 Å². The number of hydrogen-bond donors (Lipinski definition) is 2. The minimum Gasteiger partial charge on any atom is -0.381 e. The molecule has 33 heavy (non-hydrogen) atoms. The summed E-state index contributed by atoms with van der Waals surface area (Å²) in [6.07, 6.45) is 8.37. The minimum atomic E-state index is -0.303. The van der Waals surface area contributed by atoms with E-state index < -0.39 is 0 Å². The Morgan fingerprint density at radius 1 is 1.09 bits per heavy atom. The van der Waals surface area contributed by atoms with E-state index in [4.69, 9.17) is 11.1 Å². The number of aryl methyl sites for hydroxylation is 1. The van der Waals surface area contributed by atoms with Crippen LogP contribution >= 0.6 is 0 Å². The Bertz CT molecular complexity index is 1180. The van der Waals surface area contributed by atoms with E-state index in [2.05, 4.69) is 38.9 Å². The number of likely N-dealkylation sites (tertiary alicyclic amines) is 1. The van der Waals surface area contributed by atoms with Crippen LogP contribution in [-0.4, -0.2) is 54.1 Å². The highest BCUT2D eigenvalue weighted by Crippen LogP contribution is 2.23. The molecule has 1 aromatic carbocycles. The maximum Gasteiger partial charge on any atom is 0.279 e. The molecule has 1 fully saturated rings. The molecule has 1 aliphatic heterocycles. The highest BCUT2D eigenvalue weighted by atomic mass is 16.1. The molecule has 4 rings (SSSR count). The molecule has 2 atom stereocenters. The van der Waals surface area contributed by atoms with Crippen LogP contribution in [0.5, 0.6) is 0 Å². The number of unbranched alkanes of at least 4 members (excludes halogenated alkanes) is 2. The zero-order chi connectivity index (χ0) is 23.4. The predicted octanol–water partition coefficient (Wildman–Crippen LogP) is 2.97. The Balaban J connectivity index is 1.52. The van der Waals surface area contributed by atoms with Gasteiger partial charge in [-0.15, -0.1) is 5.10 Å². The zero-order valence-electron chi connectivity index (χ0n) is 19.4. The molecule has 2 aromatic heterocycles. The molecule has 174 valence electrons. The molecule has 3 aromatic rings. The molecule has 0 spiro atoms. The first-order valence-electron chi connectivity index (χ1n) is 11.8. The zero-order valence-corrected chi connectivity index (χ0v) is 19.4. The fraction of sp³-hybridized carbons (Fsp3) is 0.500. The first-order chi connectivity index (χ1) is 16.0. The summed E-state index contributed by atoms with van der Waals surface area (Å²) in [5.41, 5.74) is 7.26. The van der Waals surface area contributed by atoms with Crippen molar-refractivity contribution in [3.8, 4) is 11.4 Å². The Morgan fingerprint density at radius 2 is 1.82 bits per heavy atom. The van der Waals surface area contributed by atoms with Crippen LogP contribution in [0.25, 0.3) is 22.4 Å². The van der Waals surface area contributed by atoms with Gasteiger partial charge in [0.05, 0.1) is 17.2 Å². The summed E-state index contributed by atoms with van der Waals surface area (Å²) in [4.78, 5) is 24.8. The van der Waals surface area contributed by atoms with Gasteiger partial charge in [-0.2, -0.15) is 5.10 Å². The number of fused-ring (bicyclic) bond motifs is 1. The highest BCUT2D eigenvalue weighted by Gasteiger charge is 2.23. The number of nitrogens with zero attached hydrogens (tertiary/aromatic N) is 6. The van der Waals surface area contributed by atoms with Crippen molar-refractivity contribution in [2.45, 2.75) is 71.0 Å². The Hall–Kier alpha value is -3.20. The molecule has 1 saturated heterocycles. The summed E-state index contributed by atoms with van der Waals surface area (Å²) in [7, 11) is 0.